The summed E-state index contributed by atoms with van der Waals surface area (Å²) in [7, 11) is 0. The molecule has 0 aliphatic heterocycles. The second-order valence-corrected chi connectivity index (χ2v) is 4.98. The van der Waals surface area contributed by atoms with E-state index in [1.54, 1.807) is 36.4 Å². The molecule has 2 rings (SSSR count). The maximum Gasteiger partial charge on any atom is 0.265 e. The summed E-state index contributed by atoms with van der Waals surface area (Å²) in [6.45, 7) is 1.48. The van der Waals surface area contributed by atoms with E-state index < -0.39 is 0 Å². The van der Waals surface area contributed by atoms with Crippen LogP contribution >= 0.6 is 11.3 Å². The van der Waals surface area contributed by atoms with Crippen molar-refractivity contribution in [1.29, 1.82) is 0 Å². The molecule has 2 aromatic rings. The molecule has 0 radical (unpaired) electrons. The van der Waals surface area contributed by atoms with Crippen LogP contribution in [0, 0.1) is 12.3 Å². The van der Waals surface area contributed by atoms with E-state index in [0.717, 1.165) is 0 Å². The third kappa shape index (κ3) is 3.09. The molecule has 1 heterocycles. The van der Waals surface area contributed by atoms with Gasteiger partial charge in [-0.1, -0.05) is 12.0 Å². The van der Waals surface area contributed by atoms with Gasteiger partial charge in [-0.15, -0.1) is 17.8 Å². The fourth-order valence-corrected chi connectivity index (χ4v) is 2.33. The molecule has 0 saturated heterocycles. The van der Waals surface area contributed by atoms with E-state index in [9.17, 15) is 9.59 Å². The maximum absolute atomic E-state index is 12.0. The van der Waals surface area contributed by atoms with Crippen molar-refractivity contribution in [2.24, 2.45) is 0 Å². The molecule has 0 fully saturated rings. The monoisotopic (exact) mass is 269 g/mol. The minimum atomic E-state index is -0.244. The SMILES string of the molecule is C#Cc1cccc(NC(=O)c2ccc(C(C)=O)s2)c1. The normalized spacial score (nSPS) is 9.68. The maximum atomic E-state index is 12.0. The van der Waals surface area contributed by atoms with Gasteiger partial charge in [-0.2, -0.15) is 0 Å². The number of amides is 1. The Morgan fingerprint density at radius 3 is 2.58 bits per heavy atom. The number of anilines is 1. The first kappa shape index (κ1) is 13.1. The van der Waals surface area contributed by atoms with Gasteiger partial charge >= 0.3 is 0 Å². The molecule has 4 heteroatoms. The molecule has 0 unspecified atom stereocenters. The zero-order valence-electron chi connectivity index (χ0n) is 10.3. The zero-order chi connectivity index (χ0) is 13.8. The first-order valence-electron chi connectivity index (χ1n) is 5.59. The van der Waals surface area contributed by atoms with E-state index in [-0.39, 0.29) is 11.7 Å². The van der Waals surface area contributed by atoms with E-state index in [1.165, 1.54) is 18.3 Å². The molecule has 94 valence electrons. The summed E-state index contributed by atoms with van der Waals surface area (Å²) in [5, 5.41) is 2.75. The van der Waals surface area contributed by atoms with E-state index in [0.29, 0.717) is 21.0 Å². The lowest BCUT2D eigenvalue weighted by molar-refractivity contribution is 0.101. The van der Waals surface area contributed by atoms with Crippen molar-refractivity contribution in [3.05, 3.63) is 51.7 Å². The van der Waals surface area contributed by atoms with Crippen LogP contribution in [0.2, 0.25) is 0 Å². The molecular formula is C15H11NO2S. The number of ketones is 1. The van der Waals surface area contributed by atoms with E-state index >= 15 is 0 Å². The van der Waals surface area contributed by atoms with Gasteiger partial charge in [0.2, 0.25) is 0 Å². The Bertz CT molecular complexity index is 679. The Balaban J connectivity index is 2.16. The van der Waals surface area contributed by atoms with Crippen molar-refractivity contribution in [1.82, 2.24) is 0 Å². The van der Waals surface area contributed by atoms with Crippen molar-refractivity contribution in [2.45, 2.75) is 6.92 Å². The number of benzene rings is 1. The summed E-state index contributed by atoms with van der Waals surface area (Å²) in [6, 6.07) is 10.3. The van der Waals surface area contributed by atoms with Gasteiger partial charge < -0.3 is 5.32 Å². The highest BCUT2D eigenvalue weighted by molar-refractivity contribution is 7.16. The molecule has 1 aromatic heterocycles. The van der Waals surface area contributed by atoms with Gasteiger partial charge in [0.15, 0.2) is 5.78 Å². The Labute approximate surface area is 115 Å². The molecule has 0 bridgehead atoms. The number of carbonyl (C=O) groups excluding carboxylic acids is 2. The van der Waals surface area contributed by atoms with Crippen LogP contribution in [0.4, 0.5) is 5.69 Å². The first-order valence-corrected chi connectivity index (χ1v) is 6.40. The molecule has 0 spiro atoms. The van der Waals surface area contributed by atoms with Crippen molar-refractivity contribution in [3.63, 3.8) is 0 Å². The van der Waals surface area contributed by atoms with E-state index in [4.69, 9.17) is 6.42 Å². The summed E-state index contributed by atoms with van der Waals surface area (Å²) in [4.78, 5) is 24.2. The minimum absolute atomic E-state index is 0.0432. The van der Waals surface area contributed by atoms with Crippen LogP contribution in [-0.4, -0.2) is 11.7 Å². The zero-order valence-corrected chi connectivity index (χ0v) is 11.1. The van der Waals surface area contributed by atoms with Crippen LogP contribution < -0.4 is 5.32 Å². The number of thiophene rings is 1. The number of hydrogen-bond acceptors (Lipinski definition) is 3. The lowest BCUT2D eigenvalue weighted by Crippen LogP contribution is -2.10. The molecule has 3 nitrogen and oxygen atoms in total. The van der Waals surface area contributed by atoms with Gasteiger partial charge in [-0.05, 0) is 37.3 Å². The number of hydrogen-bond donors (Lipinski definition) is 1. The van der Waals surface area contributed by atoms with Crippen molar-refractivity contribution in [2.75, 3.05) is 5.32 Å². The van der Waals surface area contributed by atoms with Crippen LogP contribution in [0.15, 0.2) is 36.4 Å². The Morgan fingerprint density at radius 2 is 1.95 bits per heavy atom. The number of terminal acetylenes is 1. The van der Waals surface area contributed by atoms with Gasteiger partial charge in [-0.25, -0.2) is 0 Å². The Morgan fingerprint density at radius 1 is 1.21 bits per heavy atom. The fourth-order valence-electron chi connectivity index (χ4n) is 1.53. The van der Waals surface area contributed by atoms with Gasteiger partial charge in [0.25, 0.3) is 5.91 Å². The number of nitrogens with one attached hydrogen (secondary N) is 1. The highest BCUT2D eigenvalue weighted by Crippen LogP contribution is 2.19. The molecular weight excluding hydrogens is 258 g/mol. The summed E-state index contributed by atoms with van der Waals surface area (Å²) in [5.74, 6) is 2.22. The third-order valence-electron chi connectivity index (χ3n) is 2.46. The number of carbonyl (C=O) groups is 2. The van der Waals surface area contributed by atoms with Crippen molar-refractivity contribution < 1.29 is 9.59 Å². The lowest BCUT2D eigenvalue weighted by Gasteiger charge is -2.03. The first-order chi connectivity index (χ1) is 9.10. The quantitative estimate of drug-likeness (QED) is 0.687. The predicted molar refractivity (Wildman–Crippen MR) is 76.7 cm³/mol. The molecule has 0 atom stereocenters. The van der Waals surface area contributed by atoms with E-state index in [2.05, 4.69) is 11.2 Å². The average Bonchev–Trinajstić information content (AvgIpc) is 2.89. The van der Waals surface area contributed by atoms with Crippen LogP contribution in [0.1, 0.15) is 31.8 Å². The molecule has 1 N–H and O–H groups in total. The topological polar surface area (TPSA) is 46.2 Å². The van der Waals surface area contributed by atoms with Crippen LogP contribution in [0.25, 0.3) is 0 Å². The predicted octanol–water partition coefficient (Wildman–Crippen LogP) is 3.18. The van der Waals surface area contributed by atoms with Gasteiger partial charge in [0.1, 0.15) is 0 Å². The summed E-state index contributed by atoms with van der Waals surface area (Å²) in [6.07, 6.45) is 5.30. The minimum Gasteiger partial charge on any atom is -0.321 e. The second kappa shape index (κ2) is 5.51. The smallest absolute Gasteiger partial charge is 0.265 e. The van der Waals surface area contributed by atoms with Crippen molar-refractivity contribution >= 4 is 28.7 Å². The molecule has 1 aromatic carbocycles. The summed E-state index contributed by atoms with van der Waals surface area (Å²) >= 11 is 1.18. The van der Waals surface area contributed by atoms with Gasteiger partial charge in [0.05, 0.1) is 9.75 Å². The average molecular weight is 269 g/mol. The van der Waals surface area contributed by atoms with Gasteiger partial charge in [-0.3, -0.25) is 9.59 Å². The number of Topliss-reactive ketones (excluding diaryl/α,β-unsaturated/α-hetero) is 1. The molecule has 0 aliphatic carbocycles. The second-order valence-electron chi connectivity index (χ2n) is 3.90. The fraction of sp³-hybridized carbons (Fsp3) is 0.0667. The highest BCUT2D eigenvalue weighted by Gasteiger charge is 2.11. The molecule has 19 heavy (non-hydrogen) atoms. The summed E-state index contributed by atoms with van der Waals surface area (Å²) < 4.78 is 0. The third-order valence-corrected chi connectivity index (χ3v) is 3.65. The van der Waals surface area contributed by atoms with Gasteiger partial charge in [0, 0.05) is 11.3 Å². The largest absolute Gasteiger partial charge is 0.321 e. The molecule has 1 amide bonds. The molecule has 0 aliphatic rings. The number of rotatable bonds is 3. The van der Waals surface area contributed by atoms with E-state index in [1.807, 2.05) is 0 Å². The summed E-state index contributed by atoms with van der Waals surface area (Å²) in [5.41, 5.74) is 1.34. The van der Waals surface area contributed by atoms with Crippen LogP contribution in [0.3, 0.4) is 0 Å². The standard InChI is InChI=1S/C15H11NO2S/c1-3-11-5-4-6-12(9-11)16-15(18)14-8-7-13(19-14)10(2)17/h1,4-9H,2H3,(H,16,18). The molecule has 0 saturated carbocycles. The Hall–Kier alpha value is -2.38. The van der Waals surface area contributed by atoms with Crippen molar-refractivity contribution in [3.8, 4) is 12.3 Å². The van der Waals surface area contributed by atoms with Crippen LogP contribution in [0.5, 0.6) is 0 Å². The van der Waals surface area contributed by atoms with Crippen LogP contribution in [-0.2, 0) is 0 Å². The lowest BCUT2D eigenvalue weighted by atomic mass is 10.2. The highest BCUT2D eigenvalue weighted by atomic mass is 32.1. The Kier molecular flexibility index (Phi) is 3.79.